The average molecular weight is 460 g/mol. The van der Waals surface area contributed by atoms with Crippen LogP contribution in [0.2, 0.25) is 0 Å². The highest BCUT2D eigenvalue weighted by Crippen LogP contribution is 2.23. The van der Waals surface area contributed by atoms with Gasteiger partial charge < -0.3 is 10.1 Å². The van der Waals surface area contributed by atoms with Crippen LogP contribution in [0.15, 0.2) is 77.7 Å². The molecular weight excluding hydrogens is 445 g/mol. The molecule has 32 heavy (non-hydrogen) atoms. The van der Waals surface area contributed by atoms with E-state index in [0.717, 1.165) is 12.1 Å². The third kappa shape index (κ3) is 6.34. The van der Waals surface area contributed by atoms with Crippen molar-refractivity contribution in [3.05, 3.63) is 89.5 Å². The highest BCUT2D eigenvalue weighted by atomic mass is 32.2. The zero-order valence-corrected chi connectivity index (χ0v) is 17.0. The Balaban J connectivity index is 1.70. The van der Waals surface area contributed by atoms with Gasteiger partial charge >= 0.3 is 6.36 Å². The summed E-state index contributed by atoms with van der Waals surface area (Å²) >= 11 is 0. The van der Waals surface area contributed by atoms with Crippen molar-refractivity contribution >= 4 is 21.6 Å². The van der Waals surface area contributed by atoms with Gasteiger partial charge in [-0.1, -0.05) is 24.0 Å². The maximum atomic E-state index is 12.4. The van der Waals surface area contributed by atoms with Gasteiger partial charge in [-0.15, -0.1) is 13.2 Å². The van der Waals surface area contributed by atoms with Gasteiger partial charge in [0.2, 0.25) is 10.0 Å². The molecule has 0 heterocycles. The number of hydrogen-bond donors (Lipinski definition) is 2. The molecule has 0 atom stereocenters. The number of ether oxygens (including phenoxy) is 1. The van der Waals surface area contributed by atoms with E-state index >= 15 is 0 Å². The number of rotatable bonds is 4. The molecule has 0 saturated carbocycles. The summed E-state index contributed by atoms with van der Waals surface area (Å²) in [6, 6.07) is 17.0. The Morgan fingerprint density at radius 3 is 1.94 bits per heavy atom. The van der Waals surface area contributed by atoms with E-state index in [2.05, 4.69) is 21.9 Å². The first-order valence-electron chi connectivity index (χ1n) is 8.92. The second kappa shape index (κ2) is 9.13. The average Bonchev–Trinajstić information content (AvgIpc) is 2.72. The van der Waals surface area contributed by atoms with E-state index in [9.17, 15) is 26.4 Å². The van der Waals surface area contributed by atoms with Gasteiger partial charge in [0.05, 0.1) is 5.69 Å². The Kier molecular flexibility index (Phi) is 6.53. The van der Waals surface area contributed by atoms with Crippen molar-refractivity contribution in [1.29, 1.82) is 0 Å². The first-order chi connectivity index (χ1) is 15.0. The summed E-state index contributed by atoms with van der Waals surface area (Å²) in [5.41, 5.74) is 1.35. The number of carbonyl (C=O) groups is 1. The second-order valence-corrected chi connectivity index (χ2v) is 7.92. The largest absolute Gasteiger partial charge is 0.573 e. The van der Waals surface area contributed by atoms with E-state index in [1.54, 1.807) is 18.2 Å². The summed E-state index contributed by atoms with van der Waals surface area (Å²) in [5.74, 6) is 4.74. The lowest BCUT2D eigenvalue weighted by atomic mass is 10.1. The molecule has 0 aromatic heterocycles. The predicted molar refractivity (Wildman–Crippen MR) is 111 cm³/mol. The number of benzene rings is 3. The van der Waals surface area contributed by atoms with Crippen LogP contribution in [0.5, 0.6) is 5.75 Å². The Morgan fingerprint density at radius 2 is 1.41 bits per heavy atom. The molecule has 0 radical (unpaired) electrons. The van der Waals surface area contributed by atoms with Gasteiger partial charge in [0.25, 0.3) is 5.91 Å². The number of halogens is 3. The van der Waals surface area contributed by atoms with E-state index in [1.807, 2.05) is 0 Å². The van der Waals surface area contributed by atoms with Crippen molar-refractivity contribution in [3.63, 3.8) is 0 Å². The number of hydrogen-bond acceptors (Lipinski definition) is 4. The molecule has 0 aliphatic heterocycles. The third-order valence-corrected chi connectivity index (χ3v) is 5.00. The van der Waals surface area contributed by atoms with Crippen molar-refractivity contribution in [2.24, 2.45) is 5.14 Å². The summed E-state index contributed by atoms with van der Waals surface area (Å²) in [4.78, 5) is 12.2. The summed E-state index contributed by atoms with van der Waals surface area (Å²) in [7, 11) is -4.01. The number of alkyl halides is 3. The molecule has 164 valence electrons. The topological polar surface area (TPSA) is 98.5 Å². The number of carbonyl (C=O) groups excluding carboxylic acids is 1. The van der Waals surface area contributed by atoms with Crippen molar-refractivity contribution in [3.8, 4) is 17.6 Å². The van der Waals surface area contributed by atoms with Gasteiger partial charge in [-0.3, -0.25) is 4.79 Å². The van der Waals surface area contributed by atoms with Crippen LogP contribution in [-0.4, -0.2) is 20.7 Å². The highest BCUT2D eigenvalue weighted by molar-refractivity contribution is 7.89. The minimum Gasteiger partial charge on any atom is -0.406 e. The summed E-state index contributed by atoms with van der Waals surface area (Å²) in [5, 5.41) is 7.66. The van der Waals surface area contributed by atoms with Crippen molar-refractivity contribution in [1.82, 2.24) is 0 Å². The zero-order valence-electron chi connectivity index (χ0n) is 16.2. The van der Waals surface area contributed by atoms with Gasteiger partial charge in [-0.05, 0) is 60.7 Å². The van der Waals surface area contributed by atoms with E-state index in [1.165, 1.54) is 42.5 Å². The molecule has 0 fully saturated rings. The molecule has 0 unspecified atom stereocenters. The number of para-hydroxylation sites is 1. The number of nitrogens with one attached hydrogen (secondary N) is 1. The number of primary sulfonamides is 1. The fourth-order valence-electron chi connectivity index (χ4n) is 2.60. The number of sulfonamides is 1. The minimum absolute atomic E-state index is 0.0572. The molecule has 3 rings (SSSR count). The normalized spacial score (nSPS) is 11.2. The lowest BCUT2D eigenvalue weighted by Crippen LogP contribution is -2.18. The van der Waals surface area contributed by atoms with Crippen LogP contribution in [-0.2, 0) is 10.0 Å². The zero-order chi connectivity index (χ0) is 23.4. The fraction of sp³-hybridized carbons (Fsp3) is 0.0455. The molecule has 0 bridgehead atoms. The minimum atomic E-state index is -4.76. The molecule has 10 heteroatoms. The van der Waals surface area contributed by atoms with Crippen LogP contribution in [0, 0.1) is 11.8 Å². The third-order valence-electron chi connectivity index (χ3n) is 4.03. The summed E-state index contributed by atoms with van der Waals surface area (Å²) in [6.45, 7) is 0. The van der Waals surface area contributed by atoms with E-state index < -0.39 is 22.3 Å². The lowest BCUT2D eigenvalue weighted by molar-refractivity contribution is -0.274. The predicted octanol–water partition coefficient (Wildman–Crippen LogP) is 3.88. The maximum absolute atomic E-state index is 12.4. The Labute approximate surface area is 181 Å². The second-order valence-electron chi connectivity index (χ2n) is 6.39. The molecular formula is C22H15F3N2O4S. The molecule has 0 aliphatic carbocycles. The smallest absolute Gasteiger partial charge is 0.406 e. The molecule has 0 aliphatic rings. The Bertz CT molecular complexity index is 1290. The molecule has 3 aromatic carbocycles. The van der Waals surface area contributed by atoms with Crippen LogP contribution in [0.25, 0.3) is 0 Å². The van der Waals surface area contributed by atoms with Gasteiger partial charge in [-0.2, -0.15) is 0 Å². The quantitative estimate of drug-likeness (QED) is 0.578. The number of amides is 1. The lowest BCUT2D eigenvalue weighted by Gasteiger charge is -2.09. The first-order valence-corrected chi connectivity index (χ1v) is 10.5. The monoisotopic (exact) mass is 460 g/mol. The number of nitrogens with two attached hydrogens (primary N) is 1. The molecule has 0 spiro atoms. The SMILES string of the molecule is NS(=O)(=O)c1ccccc1NC(=O)c1ccc(C#Cc2ccc(OC(F)(F)F)cc2)cc1. The number of anilines is 1. The van der Waals surface area contributed by atoms with Gasteiger partial charge in [0, 0.05) is 16.7 Å². The van der Waals surface area contributed by atoms with E-state index in [0.29, 0.717) is 11.1 Å². The summed E-state index contributed by atoms with van der Waals surface area (Å²) in [6.07, 6.45) is -4.76. The first kappa shape index (κ1) is 22.9. The molecule has 1 amide bonds. The van der Waals surface area contributed by atoms with Crippen LogP contribution < -0.4 is 15.2 Å². The van der Waals surface area contributed by atoms with Gasteiger partial charge in [0.15, 0.2) is 0 Å². The van der Waals surface area contributed by atoms with Crippen molar-refractivity contribution in [2.45, 2.75) is 11.3 Å². The highest BCUT2D eigenvalue weighted by Gasteiger charge is 2.30. The van der Waals surface area contributed by atoms with Crippen LogP contribution in [0.3, 0.4) is 0 Å². The maximum Gasteiger partial charge on any atom is 0.573 e. The van der Waals surface area contributed by atoms with E-state index in [-0.39, 0.29) is 21.9 Å². The van der Waals surface area contributed by atoms with Crippen LogP contribution in [0.4, 0.5) is 18.9 Å². The summed E-state index contributed by atoms with van der Waals surface area (Å²) < 4.78 is 63.6. The Hall–Kier alpha value is -3.81. The molecule has 3 aromatic rings. The van der Waals surface area contributed by atoms with E-state index in [4.69, 9.17) is 5.14 Å². The van der Waals surface area contributed by atoms with Gasteiger partial charge in [-0.25, -0.2) is 13.6 Å². The fourth-order valence-corrected chi connectivity index (χ4v) is 3.30. The molecule has 0 saturated heterocycles. The van der Waals surface area contributed by atoms with Crippen molar-refractivity contribution < 1.29 is 31.1 Å². The van der Waals surface area contributed by atoms with Crippen LogP contribution in [0.1, 0.15) is 21.5 Å². The standard InChI is InChI=1S/C22H15F3N2O4S/c23-22(24,25)31-18-13-9-16(10-14-18)6-5-15-7-11-17(12-8-15)21(28)27-19-3-1-2-4-20(19)32(26,29)30/h1-4,7-14H,(H,27,28)(H2,26,29,30). The van der Waals surface area contributed by atoms with Gasteiger partial charge in [0.1, 0.15) is 10.6 Å². The molecule has 3 N–H and O–H groups in total. The Morgan fingerprint density at radius 1 is 0.875 bits per heavy atom. The van der Waals surface area contributed by atoms with Crippen molar-refractivity contribution in [2.75, 3.05) is 5.32 Å². The van der Waals surface area contributed by atoms with Crippen LogP contribution >= 0.6 is 0 Å². The molecule has 6 nitrogen and oxygen atoms in total.